The van der Waals surface area contributed by atoms with Crippen LogP contribution in [-0.4, -0.2) is 33.1 Å². The first-order chi connectivity index (χ1) is 15.1. The topological polar surface area (TPSA) is 75.6 Å². The summed E-state index contributed by atoms with van der Waals surface area (Å²) in [5, 5.41) is 12.4. The van der Waals surface area contributed by atoms with Crippen LogP contribution in [0.3, 0.4) is 0 Å². The van der Waals surface area contributed by atoms with Crippen molar-refractivity contribution in [1.82, 2.24) is 25.3 Å². The molecule has 1 saturated heterocycles. The van der Waals surface area contributed by atoms with Gasteiger partial charge in [0, 0.05) is 10.9 Å². The summed E-state index contributed by atoms with van der Waals surface area (Å²) in [6.45, 7) is 4.48. The van der Waals surface area contributed by atoms with E-state index in [4.69, 9.17) is 0 Å². The van der Waals surface area contributed by atoms with Crippen LogP contribution in [0, 0.1) is 11.7 Å². The summed E-state index contributed by atoms with van der Waals surface area (Å²) in [5.74, 6) is 0.863. The van der Waals surface area contributed by atoms with E-state index in [0.29, 0.717) is 34.0 Å². The van der Waals surface area contributed by atoms with Crippen molar-refractivity contribution in [2.24, 2.45) is 5.92 Å². The van der Waals surface area contributed by atoms with Crippen molar-refractivity contribution in [2.45, 2.75) is 25.7 Å². The molecule has 2 aromatic carbocycles. The van der Waals surface area contributed by atoms with Crippen LogP contribution < -0.4 is 10.9 Å². The van der Waals surface area contributed by atoms with Gasteiger partial charge in [0.25, 0.3) is 5.56 Å². The highest BCUT2D eigenvalue weighted by Crippen LogP contribution is 2.31. The van der Waals surface area contributed by atoms with Gasteiger partial charge in [-0.15, -0.1) is 5.10 Å². The predicted octanol–water partition coefficient (Wildman–Crippen LogP) is 4.02. The lowest BCUT2D eigenvalue weighted by atomic mass is 9.82. The summed E-state index contributed by atoms with van der Waals surface area (Å²) in [5.41, 5.74) is 3.31. The summed E-state index contributed by atoms with van der Waals surface area (Å²) in [4.78, 5) is 15.3. The van der Waals surface area contributed by atoms with Gasteiger partial charge >= 0.3 is 0 Å². The minimum atomic E-state index is -0.354. The lowest BCUT2D eigenvalue weighted by molar-refractivity contribution is 0.330. The predicted molar refractivity (Wildman–Crippen MR) is 119 cm³/mol. The second-order valence-corrected chi connectivity index (χ2v) is 8.26. The number of hydrogen-bond donors (Lipinski definition) is 2. The number of rotatable bonds is 4. The number of hydrogen-bond acceptors (Lipinski definition) is 4. The van der Waals surface area contributed by atoms with Gasteiger partial charge in [-0.05, 0) is 79.7 Å². The van der Waals surface area contributed by atoms with Crippen molar-refractivity contribution in [1.29, 1.82) is 0 Å². The van der Waals surface area contributed by atoms with E-state index in [1.807, 2.05) is 12.1 Å². The van der Waals surface area contributed by atoms with Gasteiger partial charge in [-0.25, -0.2) is 9.07 Å². The molecule has 1 aliphatic rings. The molecule has 1 fully saturated rings. The highest BCUT2D eigenvalue weighted by molar-refractivity contribution is 5.82. The monoisotopic (exact) mass is 417 g/mol. The number of nitrogens with zero attached hydrogens (tertiary/aromatic N) is 3. The number of H-pyrrole nitrogens is 1. The molecule has 0 aliphatic carbocycles. The second-order valence-electron chi connectivity index (χ2n) is 8.26. The highest BCUT2D eigenvalue weighted by atomic mass is 19.1. The number of piperidine rings is 1. The van der Waals surface area contributed by atoms with Gasteiger partial charge in [-0.1, -0.05) is 24.3 Å². The summed E-state index contributed by atoms with van der Waals surface area (Å²) in [6, 6.07) is 14.3. The fourth-order valence-corrected chi connectivity index (χ4v) is 4.43. The number of aromatic nitrogens is 4. The molecule has 1 aliphatic heterocycles. The van der Waals surface area contributed by atoms with E-state index in [0.717, 1.165) is 18.8 Å². The third kappa shape index (κ3) is 3.88. The van der Waals surface area contributed by atoms with E-state index < -0.39 is 0 Å². The van der Waals surface area contributed by atoms with Crippen LogP contribution in [0.25, 0.3) is 27.8 Å². The molecule has 2 aromatic heterocycles. The standard InChI is InChI=1S/C24H24FN5O/c1-15(17-8-10-26-11-9-17)16-2-5-20(6-3-16)30-14-23(28-29-30)21-13-18-12-19(25)4-7-22(18)27-24(21)31/h2-7,12-15,17,26H,8-11H2,1H3,(H,27,31). The molecule has 0 spiro atoms. The van der Waals surface area contributed by atoms with E-state index in [9.17, 15) is 9.18 Å². The summed E-state index contributed by atoms with van der Waals surface area (Å²) >= 11 is 0. The Morgan fingerprint density at radius 3 is 2.65 bits per heavy atom. The van der Waals surface area contributed by atoms with Gasteiger partial charge in [0.05, 0.1) is 17.4 Å². The minimum Gasteiger partial charge on any atom is -0.321 e. The van der Waals surface area contributed by atoms with Crippen molar-refractivity contribution in [3.8, 4) is 16.9 Å². The first-order valence-electron chi connectivity index (χ1n) is 10.6. The van der Waals surface area contributed by atoms with Crippen LogP contribution in [0.1, 0.15) is 31.2 Å². The van der Waals surface area contributed by atoms with Crippen LogP contribution in [-0.2, 0) is 0 Å². The molecule has 5 rings (SSSR count). The lowest BCUT2D eigenvalue weighted by Crippen LogP contribution is -2.30. The molecular weight excluding hydrogens is 393 g/mol. The molecule has 0 bridgehead atoms. The molecule has 0 saturated carbocycles. The molecule has 158 valence electrons. The third-order valence-electron chi connectivity index (χ3n) is 6.35. The van der Waals surface area contributed by atoms with Crippen molar-refractivity contribution in [2.75, 3.05) is 13.1 Å². The van der Waals surface area contributed by atoms with Crippen molar-refractivity contribution in [3.63, 3.8) is 0 Å². The van der Waals surface area contributed by atoms with Gasteiger partial charge in [0.2, 0.25) is 0 Å². The average Bonchev–Trinajstić information content (AvgIpc) is 3.29. The number of halogens is 1. The first kappa shape index (κ1) is 19.6. The summed E-state index contributed by atoms with van der Waals surface area (Å²) in [7, 11) is 0. The van der Waals surface area contributed by atoms with Crippen LogP contribution in [0.4, 0.5) is 4.39 Å². The molecule has 1 atom stereocenters. The largest absolute Gasteiger partial charge is 0.321 e. The Balaban J connectivity index is 1.41. The Morgan fingerprint density at radius 2 is 1.87 bits per heavy atom. The van der Waals surface area contributed by atoms with Crippen LogP contribution in [0.15, 0.2) is 59.5 Å². The maximum Gasteiger partial charge on any atom is 0.258 e. The zero-order chi connectivity index (χ0) is 21.4. The minimum absolute atomic E-state index is 0.280. The van der Waals surface area contributed by atoms with Crippen molar-refractivity contribution >= 4 is 10.9 Å². The number of pyridine rings is 1. The molecule has 7 heteroatoms. The maximum atomic E-state index is 13.6. The zero-order valence-electron chi connectivity index (χ0n) is 17.3. The number of aromatic amines is 1. The Labute approximate surface area is 179 Å². The Morgan fingerprint density at radius 1 is 1.10 bits per heavy atom. The van der Waals surface area contributed by atoms with Gasteiger partial charge in [-0.2, -0.15) is 0 Å². The van der Waals surface area contributed by atoms with E-state index in [1.165, 1.54) is 30.5 Å². The molecule has 4 aromatic rings. The Bertz CT molecular complexity index is 1270. The van der Waals surface area contributed by atoms with Crippen molar-refractivity contribution in [3.05, 3.63) is 76.5 Å². The van der Waals surface area contributed by atoms with Crippen LogP contribution >= 0.6 is 0 Å². The summed E-state index contributed by atoms with van der Waals surface area (Å²) in [6.07, 6.45) is 4.14. The molecule has 1 unspecified atom stereocenters. The highest BCUT2D eigenvalue weighted by Gasteiger charge is 2.21. The van der Waals surface area contributed by atoms with Crippen LogP contribution in [0.5, 0.6) is 0 Å². The van der Waals surface area contributed by atoms with Crippen molar-refractivity contribution < 1.29 is 4.39 Å². The van der Waals surface area contributed by atoms with E-state index in [2.05, 4.69) is 39.7 Å². The smallest absolute Gasteiger partial charge is 0.258 e. The lowest BCUT2D eigenvalue weighted by Gasteiger charge is -2.28. The second kappa shape index (κ2) is 8.07. The molecular formula is C24H24FN5O. The fraction of sp³-hybridized carbons (Fsp3) is 0.292. The van der Waals surface area contributed by atoms with Crippen LogP contribution in [0.2, 0.25) is 0 Å². The molecule has 2 N–H and O–H groups in total. The Kier molecular flexibility index (Phi) is 5.11. The molecule has 3 heterocycles. The van der Waals surface area contributed by atoms with Gasteiger partial charge in [0.15, 0.2) is 0 Å². The zero-order valence-corrected chi connectivity index (χ0v) is 17.3. The molecule has 6 nitrogen and oxygen atoms in total. The first-order valence-corrected chi connectivity index (χ1v) is 10.6. The van der Waals surface area contributed by atoms with Gasteiger partial charge < -0.3 is 10.3 Å². The van der Waals surface area contributed by atoms with Gasteiger partial charge in [-0.3, -0.25) is 4.79 Å². The summed E-state index contributed by atoms with van der Waals surface area (Å²) < 4.78 is 15.2. The van der Waals surface area contributed by atoms with E-state index in [-0.39, 0.29) is 11.4 Å². The molecule has 0 radical (unpaired) electrons. The SMILES string of the molecule is CC(c1ccc(-n2cc(-c3cc4cc(F)ccc4[nH]c3=O)nn2)cc1)C1CCNCC1. The molecule has 0 amide bonds. The fourth-order valence-electron chi connectivity index (χ4n) is 4.43. The average molecular weight is 417 g/mol. The van der Waals surface area contributed by atoms with E-state index in [1.54, 1.807) is 23.0 Å². The third-order valence-corrected chi connectivity index (χ3v) is 6.35. The maximum absolute atomic E-state index is 13.6. The number of fused-ring (bicyclic) bond motifs is 1. The normalized spacial score (nSPS) is 15.9. The Hall–Kier alpha value is -3.32. The van der Waals surface area contributed by atoms with Gasteiger partial charge in [0.1, 0.15) is 11.5 Å². The quantitative estimate of drug-likeness (QED) is 0.526. The number of benzene rings is 2. The number of nitrogens with one attached hydrogen (secondary N) is 2. The molecule has 31 heavy (non-hydrogen) atoms. The van der Waals surface area contributed by atoms with E-state index >= 15 is 0 Å².